The molecule has 0 unspecified atom stereocenters. The molecular formula is C17H18N2O4S. The summed E-state index contributed by atoms with van der Waals surface area (Å²) in [5.41, 5.74) is 1.22. The Hall–Kier alpha value is -2.64. The van der Waals surface area contributed by atoms with Gasteiger partial charge in [0.25, 0.3) is 0 Å². The Balaban J connectivity index is 2.78. The van der Waals surface area contributed by atoms with Crippen LogP contribution in [0.3, 0.4) is 0 Å². The second-order valence-electron chi connectivity index (χ2n) is 5.06. The molecule has 7 heteroatoms. The molecule has 4 N–H and O–H groups in total. The summed E-state index contributed by atoms with van der Waals surface area (Å²) in [5.74, 6) is -1.23. The molecule has 24 heavy (non-hydrogen) atoms. The number of anilines is 1. The highest BCUT2D eigenvalue weighted by molar-refractivity contribution is 7.89. The predicted molar refractivity (Wildman–Crippen MR) is 93.5 cm³/mol. The van der Waals surface area contributed by atoms with Crippen LogP contribution in [0.5, 0.6) is 0 Å². The number of primary sulfonamides is 1. The van der Waals surface area contributed by atoms with Gasteiger partial charge in [-0.3, -0.25) is 0 Å². The van der Waals surface area contributed by atoms with Crippen LogP contribution in [-0.4, -0.2) is 26.0 Å². The molecule has 2 aromatic carbocycles. The lowest BCUT2D eigenvalue weighted by molar-refractivity contribution is 0.0696. The SMILES string of the molecule is C/C=C/CNc1cc(C(=O)O)cc(S(N)(=O)=O)c1-c1ccccc1. The van der Waals surface area contributed by atoms with Crippen LogP contribution in [0.15, 0.2) is 59.5 Å². The van der Waals surface area contributed by atoms with Gasteiger partial charge in [-0.25, -0.2) is 18.4 Å². The van der Waals surface area contributed by atoms with Gasteiger partial charge in [-0.2, -0.15) is 0 Å². The molecule has 2 rings (SSSR count). The zero-order chi connectivity index (χ0) is 17.7. The first-order chi connectivity index (χ1) is 11.3. The van der Waals surface area contributed by atoms with E-state index in [1.165, 1.54) is 6.07 Å². The van der Waals surface area contributed by atoms with Gasteiger partial charge < -0.3 is 10.4 Å². The average Bonchev–Trinajstić information content (AvgIpc) is 2.54. The van der Waals surface area contributed by atoms with Gasteiger partial charge in [0.2, 0.25) is 10.0 Å². The third kappa shape index (κ3) is 4.01. The van der Waals surface area contributed by atoms with Gasteiger partial charge >= 0.3 is 5.97 Å². The molecule has 0 spiro atoms. The third-order valence-electron chi connectivity index (χ3n) is 3.36. The van der Waals surface area contributed by atoms with Crippen molar-refractivity contribution in [3.05, 3.63) is 60.2 Å². The number of hydrogen-bond acceptors (Lipinski definition) is 4. The number of nitrogens with one attached hydrogen (secondary N) is 1. The molecule has 0 aliphatic heterocycles. The van der Waals surface area contributed by atoms with Gasteiger partial charge in [-0.1, -0.05) is 42.5 Å². The predicted octanol–water partition coefficient (Wildman–Crippen LogP) is 2.69. The first kappa shape index (κ1) is 17.7. The van der Waals surface area contributed by atoms with Gasteiger partial charge in [0.15, 0.2) is 0 Å². The van der Waals surface area contributed by atoms with E-state index >= 15 is 0 Å². The van der Waals surface area contributed by atoms with Gasteiger partial charge in [0, 0.05) is 17.8 Å². The summed E-state index contributed by atoms with van der Waals surface area (Å²) in [7, 11) is -4.11. The van der Waals surface area contributed by atoms with E-state index in [1.54, 1.807) is 30.3 Å². The summed E-state index contributed by atoms with van der Waals surface area (Å²) in [6, 6.07) is 11.3. The molecule has 2 aromatic rings. The average molecular weight is 346 g/mol. The summed E-state index contributed by atoms with van der Waals surface area (Å²) in [6.07, 6.45) is 3.66. The summed E-state index contributed by atoms with van der Waals surface area (Å²) >= 11 is 0. The maximum Gasteiger partial charge on any atom is 0.335 e. The van der Waals surface area contributed by atoms with Gasteiger partial charge in [-0.05, 0) is 24.6 Å². The monoisotopic (exact) mass is 346 g/mol. The van der Waals surface area contributed by atoms with Crippen LogP contribution in [-0.2, 0) is 10.0 Å². The van der Waals surface area contributed by atoms with Crippen molar-refractivity contribution in [3.63, 3.8) is 0 Å². The van der Waals surface area contributed by atoms with Gasteiger partial charge in [-0.15, -0.1) is 0 Å². The van der Waals surface area contributed by atoms with Crippen LogP contribution in [0, 0.1) is 0 Å². The minimum atomic E-state index is -4.11. The van der Waals surface area contributed by atoms with Crippen LogP contribution in [0.25, 0.3) is 11.1 Å². The van der Waals surface area contributed by atoms with Crippen molar-refractivity contribution >= 4 is 21.7 Å². The van der Waals surface area contributed by atoms with E-state index in [0.717, 1.165) is 6.07 Å². The fourth-order valence-corrected chi connectivity index (χ4v) is 3.10. The van der Waals surface area contributed by atoms with E-state index in [4.69, 9.17) is 5.14 Å². The number of hydrogen-bond donors (Lipinski definition) is 3. The highest BCUT2D eigenvalue weighted by Crippen LogP contribution is 2.35. The molecule has 0 heterocycles. The van der Waals surface area contributed by atoms with E-state index in [-0.39, 0.29) is 10.5 Å². The number of aromatic carboxylic acids is 1. The number of sulfonamides is 1. The van der Waals surface area contributed by atoms with Crippen LogP contribution in [0.4, 0.5) is 5.69 Å². The number of carboxylic acid groups (broad SMARTS) is 1. The smallest absolute Gasteiger partial charge is 0.335 e. The van der Waals surface area contributed by atoms with Gasteiger partial charge in [0.05, 0.1) is 10.5 Å². The van der Waals surface area contributed by atoms with Crippen molar-refractivity contribution in [2.75, 3.05) is 11.9 Å². The fourth-order valence-electron chi connectivity index (χ4n) is 2.29. The number of benzene rings is 2. The minimum Gasteiger partial charge on any atom is -0.478 e. The Morgan fingerprint density at radius 1 is 1.25 bits per heavy atom. The van der Waals surface area contributed by atoms with Crippen molar-refractivity contribution < 1.29 is 18.3 Å². The zero-order valence-electron chi connectivity index (χ0n) is 13.1. The molecular weight excluding hydrogens is 328 g/mol. The molecule has 0 saturated carbocycles. The lowest BCUT2D eigenvalue weighted by atomic mass is 10.0. The van der Waals surface area contributed by atoms with Crippen molar-refractivity contribution in [2.24, 2.45) is 5.14 Å². The van der Waals surface area contributed by atoms with E-state index in [9.17, 15) is 18.3 Å². The Kier molecular flexibility index (Phi) is 5.38. The maximum absolute atomic E-state index is 12.0. The quantitative estimate of drug-likeness (QED) is 0.697. The second-order valence-corrected chi connectivity index (χ2v) is 6.59. The molecule has 6 nitrogen and oxygen atoms in total. The molecule has 0 bridgehead atoms. The topological polar surface area (TPSA) is 109 Å². The summed E-state index contributed by atoms with van der Waals surface area (Å²) in [6.45, 7) is 2.27. The molecule has 0 aliphatic carbocycles. The summed E-state index contributed by atoms with van der Waals surface area (Å²) in [4.78, 5) is 11.1. The Morgan fingerprint density at radius 2 is 1.92 bits per heavy atom. The summed E-state index contributed by atoms with van der Waals surface area (Å²) < 4.78 is 24.1. The van der Waals surface area contributed by atoms with E-state index < -0.39 is 16.0 Å². The zero-order valence-corrected chi connectivity index (χ0v) is 13.9. The number of carbonyl (C=O) groups is 1. The molecule has 0 atom stereocenters. The van der Waals surface area contributed by atoms with Crippen LogP contribution < -0.4 is 10.5 Å². The van der Waals surface area contributed by atoms with Crippen LogP contribution in [0.2, 0.25) is 0 Å². The summed E-state index contributed by atoms with van der Waals surface area (Å²) in [5, 5.41) is 17.6. The molecule has 0 fully saturated rings. The van der Waals surface area contributed by atoms with E-state index in [1.807, 2.05) is 19.1 Å². The van der Waals surface area contributed by atoms with Crippen LogP contribution >= 0.6 is 0 Å². The third-order valence-corrected chi connectivity index (χ3v) is 4.30. The number of nitrogens with two attached hydrogens (primary N) is 1. The number of carboxylic acids is 1. The first-order valence-corrected chi connectivity index (χ1v) is 8.74. The van der Waals surface area contributed by atoms with Crippen molar-refractivity contribution in [2.45, 2.75) is 11.8 Å². The first-order valence-electron chi connectivity index (χ1n) is 7.19. The molecule has 0 amide bonds. The molecule has 0 saturated heterocycles. The van der Waals surface area contributed by atoms with Gasteiger partial charge in [0.1, 0.15) is 0 Å². The van der Waals surface area contributed by atoms with Crippen molar-refractivity contribution in [3.8, 4) is 11.1 Å². The number of rotatable bonds is 6. The lowest BCUT2D eigenvalue weighted by Gasteiger charge is -2.16. The fraction of sp³-hybridized carbons (Fsp3) is 0.118. The van der Waals surface area contributed by atoms with Crippen molar-refractivity contribution in [1.82, 2.24) is 0 Å². The molecule has 126 valence electrons. The van der Waals surface area contributed by atoms with E-state index in [0.29, 0.717) is 23.4 Å². The van der Waals surface area contributed by atoms with Crippen molar-refractivity contribution in [1.29, 1.82) is 0 Å². The number of allylic oxidation sites excluding steroid dienone is 1. The molecule has 0 radical (unpaired) electrons. The second kappa shape index (κ2) is 7.29. The molecule has 0 aromatic heterocycles. The standard InChI is InChI=1S/C17H18N2O4S/c1-2-3-9-19-14-10-13(17(20)21)11-15(24(18,22)23)16(14)12-7-5-4-6-8-12/h2-8,10-11,19H,9H2,1H3,(H,20,21)(H2,18,22,23)/b3-2+. The molecule has 0 aliphatic rings. The van der Waals surface area contributed by atoms with E-state index in [2.05, 4.69) is 5.32 Å². The largest absolute Gasteiger partial charge is 0.478 e. The van der Waals surface area contributed by atoms with Crippen LogP contribution in [0.1, 0.15) is 17.3 Å². The normalized spacial score (nSPS) is 11.6. The Morgan fingerprint density at radius 3 is 2.46 bits per heavy atom. The minimum absolute atomic E-state index is 0.151. The maximum atomic E-state index is 12.0. The Bertz CT molecular complexity index is 875. The highest BCUT2D eigenvalue weighted by atomic mass is 32.2. The highest BCUT2D eigenvalue weighted by Gasteiger charge is 2.22. The lowest BCUT2D eigenvalue weighted by Crippen LogP contribution is -2.16. The Labute approximate surface area is 140 Å².